The van der Waals surface area contributed by atoms with Crippen molar-refractivity contribution in [2.45, 2.75) is 37.6 Å². The Labute approximate surface area is 117 Å². The van der Waals surface area contributed by atoms with Gasteiger partial charge in [-0.2, -0.15) is 20.1 Å². The third-order valence-corrected chi connectivity index (χ3v) is 3.66. The van der Waals surface area contributed by atoms with Gasteiger partial charge in [0.05, 0.1) is 0 Å². The minimum absolute atomic E-state index is 0.474. The van der Waals surface area contributed by atoms with E-state index < -0.39 is 0 Å². The second-order valence-electron chi connectivity index (χ2n) is 4.06. The van der Waals surface area contributed by atoms with Crippen molar-refractivity contribution in [2.24, 2.45) is 0 Å². The van der Waals surface area contributed by atoms with Crippen molar-refractivity contribution in [3.63, 3.8) is 0 Å². The third-order valence-electron chi connectivity index (χ3n) is 2.53. The fourth-order valence-corrected chi connectivity index (χ4v) is 2.19. The summed E-state index contributed by atoms with van der Waals surface area (Å²) >= 11 is 1.65. The number of hydrogen-bond donors (Lipinski definition) is 1. The number of nitrogens with one attached hydrogen (secondary N) is 1. The Morgan fingerprint density at radius 3 is 2.79 bits per heavy atom. The molecule has 0 radical (unpaired) electrons. The van der Waals surface area contributed by atoms with Crippen LogP contribution in [0.1, 0.15) is 27.2 Å². The van der Waals surface area contributed by atoms with E-state index in [1.807, 2.05) is 19.2 Å². The molecule has 2 heterocycles. The quantitative estimate of drug-likeness (QED) is 0.818. The van der Waals surface area contributed by atoms with Gasteiger partial charge in [0, 0.05) is 24.2 Å². The molecule has 2 aromatic rings. The fourth-order valence-electron chi connectivity index (χ4n) is 1.39. The van der Waals surface area contributed by atoms with Crippen LogP contribution in [0.4, 0.5) is 5.95 Å². The van der Waals surface area contributed by atoms with Crippen LogP contribution in [0, 0.1) is 0 Å². The largest absolute Gasteiger partial charge is 0.354 e. The molecule has 102 valence electrons. The van der Waals surface area contributed by atoms with Crippen LogP contribution in [-0.2, 0) is 0 Å². The van der Waals surface area contributed by atoms with E-state index >= 15 is 0 Å². The first-order valence-corrected chi connectivity index (χ1v) is 7.27. The smallest absolute Gasteiger partial charge is 0.256 e. The summed E-state index contributed by atoms with van der Waals surface area (Å²) in [5.74, 6) is 1.13. The Bertz CT molecular complexity index is 513. The van der Waals surface area contributed by atoms with Crippen LogP contribution in [0.5, 0.6) is 0 Å². The highest BCUT2D eigenvalue weighted by Gasteiger charge is 2.11. The lowest BCUT2D eigenvalue weighted by atomic mass is 10.4. The number of anilines is 1. The molecule has 0 spiro atoms. The second-order valence-corrected chi connectivity index (χ2v) is 5.46. The lowest BCUT2D eigenvalue weighted by Crippen LogP contribution is -2.10. The highest BCUT2D eigenvalue weighted by Crippen LogP contribution is 2.22. The Kier molecular flexibility index (Phi) is 4.73. The molecule has 1 unspecified atom stereocenters. The van der Waals surface area contributed by atoms with Gasteiger partial charge in [0.15, 0.2) is 5.16 Å². The molecule has 6 nitrogen and oxygen atoms in total. The molecule has 0 aliphatic carbocycles. The van der Waals surface area contributed by atoms with Crippen LogP contribution >= 0.6 is 11.8 Å². The van der Waals surface area contributed by atoms with Crippen molar-refractivity contribution in [2.75, 3.05) is 11.9 Å². The van der Waals surface area contributed by atoms with E-state index in [0.29, 0.717) is 17.1 Å². The van der Waals surface area contributed by atoms with Crippen molar-refractivity contribution >= 4 is 17.7 Å². The van der Waals surface area contributed by atoms with Gasteiger partial charge in [0.25, 0.3) is 5.95 Å². The summed E-state index contributed by atoms with van der Waals surface area (Å²) < 4.78 is 1.64. The number of aromatic nitrogens is 5. The van der Waals surface area contributed by atoms with E-state index in [1.54, 1.807) is 22.6 Å². The van der Waals surface area contributed by atoms with Gasteiger partial charge in [-0.15, -0.1) is 0 Å². The molecule has 2 rings (SSSR count). The molecule has 0 aromatic carbocycles. The topological polar surface area (TPSA) is 68.5 Å². The van der Waals surface area contributed by atoms with E-state index in [0.717, 1.165) is 18.1 Å². The van der Waals surface area contributed by atoms with Crippen LogP contribution in [0.2, 0.25) is 0 Å². The molecule has 0 saturated heterocycles. The monoisotopic (exact) mass is 278 g/mol. The minimum Gasteiger partial charge on any atom is -0.354 e. The van der Waals surface area contributed by atoms with Crippen LogP contribution < -0.4 is 5.32 Å². The summed E-state index contributed by atoms with van der Waals surface area (Å²) in [7, 11) is 0. The average molecular weight is 278 g/mol. The van der Waals surface area contributed by atoms with Gasteiger partial charge in [-0.1, -0.05) is 25.6 Å². The van der Waals surface area contributed by atoms with E-state index in [1.165, 1.54) is 0 Å². The molecule has 7 heteroatoms. The second kappa shape index (κ2) is 6.51. The van der Waals surface area contributed by atoms with E-state index in [-0.39, 0.29) is 0 Å². The van der Waals surface area contributed by atoms with E-state index in [2.05, 4.69) is 39.2 Å². The molecule has 2 aromatic heterocycles. The Morgan fingerprint density at radius 2 is 2.16 bits per heavy atom. The zero-order valence-corrected chi connectivity index (χ0v) is 12.2. The van der Waals surface area contributed by atoms with Gasteiger partial charge in [-0.25, -0.2) is 4.68 Å². The van der Waals surface area contributed by atoms with Crippen LogP contribution in [-0.4, -0.2) is 36.5 Å². The average Bonchev–Trinajstić information content (AvgIpc) is 2.92. The first-order valence-electron chi connectivity index (χ1n) is 6.39. The first-order chi connectivity index (χ1) is 9.22. The lowest BCUT2D eigenvalue weighted by Gasteiger charge is -2.10. The third kappa shape index (κ3) is 3.66. The van der Waals surface area contributed by atoms with Gasteiger partial charge in [-0.05, 0) is 19.4 Å². The molecule has 1 atom stereocenters. The van der Waals surface area contributed by atoms with Gasteiger partial charge in [0.2, 0.25) is 5.95 Å². The van der Waals surface area contributed by atoms with Crippen LogP contribution in [0.25, 0.3) is 5.95 Å². The summed E-state index contributed by atoms with van der Waals surface area (Å²) in [4.78, 5) is 13.2. The molecule has 0 bridgehead atoms. The summed E-state index contributed by atoms with van der Waals surface area (Å²) in [6.07, 6.45) is 4.60. The predicted molar refractivity (Wildman–Crippen MR) is 76.7 cm³/mol. The van der Waals surface area contributed by atoms with Gasteiger partial charge in [0.1, 0.15) is 0 Å². The number of hydrogen-bond acceptors (Lipinski definition) is 6. The Balaban J connectivity index is 2.32. The molecular formula is C12H18N6S. The number of rotatable bonds is 6. The summed E-state index contributed by atoms with van der Waals surface area (Å²) in [6, 6.07) is 1.85. The van der Waals surface area contributed by atoms with Crippen molar-refractivity contribution < 1.29 is 0 Å². The number of thioether (sulfide) groups is 1. The molecule has 0 aliphatic rings. The van der Waals surface area contributed by atoms with Crippen LogP contribution in [0.15, 0.2) is 23.6 Å². The highest BCUT2D eigenvalue weighted by molar-refractivity contribution is 7.99. The van der Waals surface area contributed by atoms with Crippen LogP contribution in [0.3, 0.4) is 0 Å². The van der Waals surface area contributed by atoms with Crippen molar-refractivity contribution in [1.29, 1.82) is 0 Å². The maximum atomic E-state index is 4.45. The van der Waals surface area contributed by atoms with Gasteiger partial charge in [-0.3, -0.25) is 0 Å². The van der Waals surface area contributed by atoms with E-state index in [4.69, 9.17) is 0 Å². The number of nitrogens with zero attached hydrogens (tertiary/aromatic N) is 5. The van der Waals surface area contributed by atoms with Crippen molar-refractivity contribution in [3.05, 3.63) is 18.5 Å². The zero-order valence-electron chi connectivity index (χ0n) is 11.4. The van der Waals surface area contributed by atoms with E-state index in [9.17, 15) is 0 Å². The molecule has 0 saturated carbocycles. The van der Waals surface area contributed by atoms with Gasteiger partial charge >= 0.3 is 0 Å². The van der Waals surface area contributed by atoms with Crippen molar-refractivity contribution in [3.8, 4) is 5.95 Å². The first kappa shape index (κ1) is 13.8. The van der Waals surface area contributed by atoms with Crippen molar-refractivity contribution in [1.82, 2.24) is 24.7 Å². The zero-order chi connectivity index (χ0) is 13.7. The fraction of sp³-hybridized carbons (Fsp3) is 0.500. The molecule has 0 amide bonds. The molecule has 19 heavy (non-hydrogen) atoms. The Hall–Kier alpha value is -1.63. The highest BCUT2D eigenvalue weighted by atomic mass is 32.2. The minimum atomic E-state index is 0.474. The SMILES string of the molecule is CCNc1nc(SC(C)CC)nc(-n2cccn2)n1. The lowest BCUT2D eigenvalue weighted by molar-refractivity contribution is 0.757. The molecule has 0 aliphatic heterocycles. The molecule has 1 N–H and O–H groups in total. The predicted octanol–water partition coefficient (Wildman–Crippen LogP) is 2.38. The summed E-state index contributed by atoms with van der Waals surface area (Å²) in [5.41, 5.74) is 0. The molecular weight excluding hydrogens is 260 g/mol. The van der Waals surface area contributed by atoms with Gasteiger partial charge < -0.3 is 5.32 Å². The standard InChI is InChI=1S/C12H18N6S/c1-4-9(3)19-12-16-10(13-5-2)15-11(17-12)18-8-6-7-14-18/h6-9H,4-5H2,1-3H3,(H,13,15,16,17). The molecule has 0 fully saturated rings. The maximum absolute atomic E-state index is 4.45. The Morgan fingerprint density at radius 1 is 1.32 bits per heavy atom. The maximum Gasteiger partial charge on any atom is 0.256 e. The normalized spacial score (nSPS) is 12.4. The summed E-state index contributed by atoms with van der Waals surface area (Å²) in [5, 5.41) is 8.48. The summed E-state index contributed by atoms with van der Waals surface area (Å²) in [6.45, 7) is 7.10.